The normalized spacial score (nSPS) is 11.2. The molecule has 0 amide bonds. The molecule has 196 valence electrons. The summed E-state index contributed by atoms with van der Waals surface area (Å²) in [5.74, 6) is 6.49. The van der Waals surface area contributed by atoms with Gasteiger partial charge in [0.25, 0.3) is 0 Å². The van der Waals surface area contributed by atoms with E-state index in [4.69, 9.17) is 0 Å². The second kappa shape index (κ2) is 12.0. The zero-order valence-corrected chi connectivity index (χ0v) is 23.2. The number of nitrogens with one attached hydrogen (secondary N) is 1. The molecule has 4 rings (SSSR count). The lowest BCUT2D eigenvalue weighted by Gasteiger charge is -2.23. The first kappa shape index (κ1) is 27.7. The van der Waals surface area contributed by atoms with Crippen LogP contribution in [0, 0.1) is 23.2 Å². The van der Waals surface area contributed by atoms with Gasteiger partial charge in [0.05, 0.1) is 23.1 Å². The quantitative estimate of drug-likeness (QED) is 0.281. The first-order valence-corrected chi connectivity index (χ1v) is 14.1. The molecular formula is C33H31N3O2S. The number of sulfonamides is 1. The highest BCUT2D eigenvalue weighted by Gasteiger charge is 2.24. The van der Waals surface area contributed by atoms with Gasteiger partial charge in [-0.25, -0.2) is 13.1 Å². The van der Waals surface area contributed by atoms with Gasteiger partial charge in [-0.2, -0.15) is 5.26 Å². The molecule has 39 heavy (non-hydrogen) atoms. The van der Waals surface area contributed by atoms with Crippen molar-refractivity contribution in [3.63, 3.8) is 0 Å². The summed E-state index contributed by atoms with van der Waals surface area (Å²) in [6.07, 6.45) is 0. The van der Waals surface area contributed by atoms with E-state index in [1.807, 2.05) is 93.6 Å². The van der Waals surface area contributed by atoms with Crippen molar-refractivity contribution in [2.45, 2.75) is 37.8 Å². The number of benzene rings is 4. The van der Waals surface area contributed by atoms with Gasteiger partial charge < -0.3 is 4.90 Å². The molecule has 0 heterocycles. The van der Waals surface area contributed by atoms with Gasteiger partial charge >= 0.3 is 0 Å². The summed E-state index contributed by atoms with van der Waals surface area (Å²) in [6, 6.07) is 34.5. The zero-order chi connectivity index (χ0) is 27.9. The van der Waals surface area contributed by atoms with E-state index in [1.54, 1.807) is 18.2 Å². The van der Waals surface area contributed by atoms with Gasteiger partial charge in [0.15, 0.2) is 0 Å². The molecule has 0 fully saturated rings. The minimum atomic E-state index is -3.69. The molecule has 1 N–H and O–H groups in total. The predicted molar refractivity (Wildman–Crippen MR) is 157 cm³/mol. The lowest BCUT2D eigenvalue weighted by atomic mass is 10.0. The smallest absolute Gasteiger partial charge is 0.241 e. The summed E-state index contributed by atoms with van der Waals surface area (Å²) in [6.45, 7) is 6.60. The number of rotatable bonds is 7. The molecule has 0 aromatic heterocycles. The Morgan fingerprint density at radius 3 is 2.21 bits per heavy atom. The second-order valence-corrected chi connectivity index (χ2v) is 11.9. The first-order chi connectivity index (χ1) is 18.6. The third-order valence-corrected chi connectivity index (χ3v) is 7.69. The third kappa shape index (κ3) is 7.58. The Bertz CT molecular complexity index is 1640. The highest BCUT2D eigenvalue weighted by Crippen LogP contribution is 2.28. The zero-order valence-electron chi connectivity index (χ0n) is 22.3. The summed E-state index contributed by atoms with van der Waals surface area (Å²) in [5, 5.41) is 9.34. The van der Waals surface area contributed by atoms with E-state index in [1.165, 1.54) is 0 Å². The summed E-state index contributed by atoms with van der Waals surface area (Å²) >= 11 is 0. The van der Waals surface area contributed by atoms with Gasteiger partial charge in [-0.1, -0.05) is 78.6 Å². The van der Waals surface area contributed by atoms with Gasteiger partial charge in [0, 0.05) is 28.9 Å². The van der Waals surface area contributed by atoms with Crippen molar-refractivity contribution in [2.24, 2.45) is 0 Å². The molecule has 0 bridgehead atoms. The fraction of sp³-hybridized carbons (Fsp3) is 0.182. The minimum Gasteiger partial charge on any atom is -0.356 e. The summed E-state index contributed by atoms with van der Waals surface area (Å²) in [5.41, 5.74) is 4.38. The topological polar surface area (TPSA) is 73.2 Å². The second-order valence-electron chi connectivity index (χ2n) is 10.2. The number of hydrogen-bond donors (Lipinski definition) is 1. The molecular weight excluding hydrogens is 502 g/mol. The van der Waals surface area contributed by atoms with E-state index in [9.17, 15) is 13.7 Å². The standard InChI is InChI=1S/C33H31N3O2S/c1-33(2,3)35-39(37,38)32-17-8-7-16-31(32)29-20-18-26(19-21-29)14-10-22-36(25-27-11-5-4-6-12-27)30-15-9-13-28(23-30)24-34/h4-9,11-13,15-21,23,35H,22,25H2,1-3H3. The Kier molecular flexibility index (Phi) is 8.52. The minimum absolute atomic E-state index is 0.245. The maximum atomic E-state index is 13.0. The van der Waals surface area contributed by atoms with Crippen molar-refractivity contribution < 1.29 is 8.42 Å². The lowest BCUT2D eigenvalue weighted by Crippen LogP contribution is -2.40. The molecule has 6 heteroatoms. The molecule has 4 aromatic carbocycles. The predicted octanol–water partition coefficient (Wildman–Crippen LogP) is 6.36. The molecule has 0 radical (unpaired) electrons. The van der Waals surface area contributed by atoms with Gasteiger partial charge in [-0.3, -0.25) is 0 Å². The molecule has 0 saturated heterocycles. The van der Waals surface area contributed by atoms with E-state index in [-0.39, 0.29) is 4.90 Å². The van der Waals surface area contributed by atoms with Crippen LogP contribution in [0.25, 0.3) is 11.1 Å². The van der Waals surface area contributed by atoms with Crippen LogP contribution in [0.2, 0.25) is 0 Å². The van der Waals surface area contributed by atoms with Gasteiger partial charge in [-0.05, 0) is 68.3 Å². The van der Waals surface area contributed by atoms with E-state index < -0.39 is 15.6 Å². The summed E-state index contributed by atoms with van der Waals surface area (Å²) < 4.78 is 28.8. The number of nitrogens with zero attached hydrogens (tertiary/aromatic N) is 2. The Balaban J connectivity index is 1.56. The molecule has 4 aromatic rings. The van der Waals surface area contributed by atoms with Crippen molar-refractivity contribution in [3.05, 3.63) is 120 Å². The first-order valence-electron chi connectivity index (χ1n) is 12.7. The number of anilines is 1. The molecule has 0 unspecified atom stereocenters. The van der Waals surface area contributed by atoms with Crippen LogP contribution in [-0.4, -0.2) is 20.5 Å². The van der Waals surface area contributed by atoms with Crippen molar-refractivity contribution >= 4 is 15.7 Å². The van der Waals surface area contributed by atoms with E-state index in [0.717, 1.165) is 22.4 Å². The maximum absolute atomic E-state index is 13.0. The molecule has 5 nitrogen and oxygen atoms in total. The van der Waals surface area contributed by atoms with Crippen LogP contribution in [0.4, 0.5) is 5.69 Å². The summed E-state index contributed by atoms with van der Waals surface area (Å²) in [4.78, 5) is 2.39. The lowest BCUT2D eigenvalue weighted by molar-refractivity contribution is 0.491. The Hall–Kier alpha value is -4.36. The van der Waals surface area contributed by atoms with E-state index in [2.05, 4.69) is 39.7 Å². The van der Waals surface area contributed by atoms with Crippen LogP contribution in [0.3, 0.4) is 0 Å². The third-order valence-electron chi connectivity index (χ3n) is 5.87. The van der Waals surface area contributed by atoms with Gasteiger partial charge in [0.2, 0.25) is 10.0 Å². The molecule has 0 aliphatic rings. The molecule has 0 spiro atoms. The highest BCUT2D eigenvalue weighted by molar-refractivity contribution is 7.89. The fourth-order valence-electron chi connectivity index (χ4n) is 4.18. The SMILES string of the molecule is CC(C)(C)NS(=O)(=O)c1ccccc1-c1ccc(C#CCN(Cc2ccccc2)c2cccc(C#N)c2)cc1. The van der Waals surface area contributed by atoms with Crippen LogP contribution in [0.15, 0.2) is 108 Å². The Morgan fingerprint density at radius 2 is 1.51 bits per heavy atom. The maximum Gasteiger partial charge on any atom is 0.241 e. The molecule has 0 aliphatic heterocycles. The average Bonchev–Trinajstić information content (AvgIpc) is 2.92. The molecule has 0 atom stereocenters. The van der Waals surface area contributed by atoms with Crippen LogP contribution in [0.5, 0.6) is 0 Å². The van der Waals surface area contributed by atoms with Crippen LogP contribution >= 0.6 is 0 Å². The van der Waals surface area contributed by atoms with Crippen LogP contribution < -0.4 is 9.62 Å². The van der Waals surface area contributed by atoms with Gasteiger partial charge in [-0.15, -0.1) is 0 Å². The highest BCUT2D eigenvalue weighted by atomic mass is 32.2. The average molecular weight is 534 g/mol. The van der Waals surface area contributed by atoms with E-state index in [0.29, 0.717) is 24.2 Å². The molecule has 0 aliphatic carbocycles. The summed E-state index contributed by atoms with van der Waals surface area (Å²) in [7, 11) is -3.69. The van der Waals surface area contributed by atoms with Crippen molar-refractivity contribution in [1.29, 1.82) is 5.26 Å². The van der Waals surface area contributed by atoms with Crippen molar-refractivity contribution in [3.8, 4) is 29.0 Å². The fourth-order valence-corrected chi connectivity index (χ4v) is 5.83. The monoisotopic (exact) mass is 533 g/mol. The number of hydrogen-bond acceptors (Lipinski definition) is 4. The number of nitriles is 1. The van der Waals surface area contributed by atoms with Crippen LogP contribution in [0.1, 0.15) is 37.5 Å². The largest absolute Gasteiger partial charge is 0.356 e. The van der Waals surface area contributed by atoms with Gasteiger partial charge in [0.1, 0.15) is 0 Å². The van der Waals surface area contributed by atoms with Crippen LogP contribution in [-0.2, 0) is 16.6 Å². The van der Waals surface area contributed by atoms with Crippen molar-refractivity contribution in [1.82, 2.24) is 4.72 Å². The Labute approximate surface area is 231 Å². The van der Waals surface area contributed by atoms with E-state index >= 15 is 0 Å². The molecule has 0 saturated carbocycles. The Morgan fingerprint density at radius 1 is 0.821 bits per heavy atom. The van der Waals surface area contributed by atoms with Crippen molar-refractivity contribution in [2.75, 3.05) is 11.4 Å².